The highest BCUT2D eigenvalue weighted by Crippen LogP contribution is 2.42. The summed E-state index contributed by atoms with van der Waals surface area (Å²) in [6.45, 7) is 2.58. The number of halogens is 1. The smallest absolute Gasteiger partial charge is 0.0729 e. The van der Waals surface area contributed by atoms with Crippen LogP contribution in [0, 0.1) is 5.92 Å². The Morgan fingerprint density at radius 1 is 1.40 bits per heavy atom. The Labute approximate surface area is 133 Å². The molecule has 2 aliphatic rings. The van der Waals surface area contributed by atoms with Crippen molar-refractivity contribution in [3.63, 3.8) is 0 Å². The standard InChI is InChI=1S/C15H22BrNO2S/c1-17-14(12-8-13(16)20-10-12)11-2-5-19-15(9-11)3-6-18-7-4-15/h8,10-11,14,17H,2-7,9H2,1H3. The molecule has 1 spiro atoms. The van der Waals surface area contributed by atoms with E-state index in [4.69, 9.17) is 9.47 Å². The van der Waals surface area contributed by atoms with Crippen molar-refractivity contribution in [3.8, 4) is 0 Å². The van der Waals surface area contributed by atoms with Gasteiger partial charge in [-0.05, 0) is 71.6 Å². The van der Waals surface area contributed by atoms with Crippen LogP contribution < -0.4 is 5.32 Å². The lowest BCUT2D eigenvalue weighted by Gasteiger charge is -2.45. The summed E-state index contributed by atoms with van der Waals surface area (Å²) < 4.78 is 12.9. The molecule has 1 aromatic rings. The van der Waals surface area contributed by atoms with Crippen LogP contribution in [0.1, 0.15) is 37.3 Å². The quantitative estimate of drug-likeness (QED) is 0.891. The normalized spacial score (nSPS) is 27.6. The van der Waals surface area contributed by atoms with Crippen molar-refractivity contribution in [3.05, 3.63) is 20.8 Å². The van der Waals surface area contributed by atoms with Crippen molar-refractivity contribution in [1.29, 1.82) is 0 Å². The number of thiophene rings is 1. The van der Waals surface area contributed by atoms with E-state index >= 15 is 0 Å². The average Bonchev–Trinajstić information content (AvgIpc) is 2.87. The van der Waals surface area contributed by atoms with E-state index in [9.17, 15) is 0 Å². The summed E-state index contributed by atoms with van der Waals surface area (Å²) >= 11 is 5.34. The van der Waals surface area contributed by atoms with Gasteiger partial charge >= 0.3 is 0 Å². The molecule has 0 aliphatic carbocycles. The number of ether oxygens (including phenoxy) is 2. The summed E-state index contributed by atoms with van der Waals surface area (Å²) in [5.41, 5.74) is 1.47. The lowest BCUT2D eigenvalue weighted by molar-refractivity contribution is -0.150. The summed E-state index contributed by atoms with van der Waals surface area (Å²) in [5, 5.41) is 5.78. The van der Waals surface area contributed by atoms with Gasteiger partial charge in [-0.15, -0.1) is 11.3 Å². The van der Waals surface area contributed by atoms with Crippen molar-refractivity contribution in [1.82, 2.24) is 5.32 Å². The van der Waals surface area contributed by atoms with Crippen LogP contribution in [0.2, 0.25) is 0 Å². The molecule has 0 bridgehead atoms. The van der Waals surface area contributed by atoms with Gasteiger partial charge in [0.15, 0.2) is 0 Å². The topological polar surface area (TPSA) is 30.5 Å². The summed E-state index contributed by atoms with van der Waals surface area (Å²) in [4.78, 5) is 0. The molecule has 3 nitrogen and oxygen atoms in total. The van der Waals surface area contributed by atoms with Crippen molar-refractivity contribution >= 4 is 27.3 Å². The van der Waals surface area contributed by atoms with Gasteiger partial charge in [0.25, 0.3) is 0 Å². The van der Waals surface area contributed by atoms with Crippen LogP contribution in [0.15, 0.2) is 15.2 Å². The lowest BCUT2D eigenvalue weighted by Crippen LogP contribution is -2.46. The van der Waals surface area contributed by atoms with Gasteiger partial charge in [0.05, 0.1) is 9.39 Å². The van der Waals surface area contributed by atoms with Gasteiger partial charge in [-0.1, -0.05) is 0 Å². The molecule has 2 atom stereocenters. The Hall–Kier alpha value is 0.0600. The molecule has 3 rings (SSSR count). The van der Waals surface area contributed by atoms with Crippen molar-refractivity contribution in [2.75, 3.05) is 26.9 Å². The first-order valence-electron chi connectivity index (χ1n) is 7.35. The third-order valence-electron chi connectivity index (χ3n) is 4.66. The number of hydrogen-bond donors (Lipinski definition) is 1. The SMILES string of the molecule is CNC(c1csc(Br)c1)C1CCOC2(CCOCC2)C1. The number of nitrogens with one attached hydrogen (secondary N) is 1. The van der Waals surface area contributed by atoms with Gasteiger partial charge in [-0.3, -0.25) is 0 Å². The first-order chi connectivity index (χ1) is 9.72. The molecule has 20 heavy (non-hydrogen) atoms. The Morgan fingerprint density at radius 2 is 2.20 bits per heavy atom. The fraction of sp³-hybridized carbons (Fsp3) is 0.733. The summed E-state index contributed by atoms with van der Waals surface area (Å²) in [6.07, 6.45) is 4.39. The predicted molar refractivity (Wildman–Crippen MR) is 85.3 cm³/mol. The van der Waals surface area contributed by atoms with Crippen LogP contribution in [-0.4, -0.2) is 32.5 Å². The van der Waals surface area contributed by atoms with Crippen LogP contribution in [0.5, 0.6) is 0 Å². The highest BCUT2D eigenvalue weighted by atomic mass is 79.9. The highest BCUT2D eigenvalue weighted by molar-refractivity contribution is 9.11. The zero-order valence-electron chi connectivity index (χ0n) is 11.9. The maximum atomic E-state index is 6.16. The number of rotatable bonds is 3. The molecule has 1 N–H and O–H groups in total. The molecule has 2 fully saturated rings. The minimum atomic E-state index is 0.0729. The number of hydrogen-bond acceptors (Lipinski definition) is 4. The van der Waals surface area contributed by atoms with E-state index in [-0.39, 0.29) is 5.60 Å². The van der Waals surface area contributed by atoms with Gasteiger partial charge < -0.3 is 14.8 Å². The molecule has 0 aromatic carbocycles. The fourth-order valence-corrected chi connectivity index (χ4v) is 4.82. The van der Waals surface area contributed by atoms with E-state index in [1.54, 1.807) is 11.3 Å². The maximum absolute atomic E-state index is 6.16. The van der Waals surface area contributed by atoms with Crippen LogP contribution in [0.25, 0.3) is 0 Å². The van der Waals surface area contributed by atoms with Gasteiger partial charge in [-0.2, -0.15) is 0 Å². The van der Waals surface area contributed by atoms with Gasteiger partial charge in [0.1, 0.15) is 0 Å². The highest BCUT2D eigenvalue weighted by Gasteiger charge is 2.41. The zero-order valence-corrected chi connectivity index (χ0v) is 14.3. The van der Waals surface area contributed by atoms with Crippen LogP contribution in [-0.2, 0) is 9.47 Å². The molecular weight excluding hydrogens is 338 g/mol. The van der Waals surface area contributed by atoms with Crippen molar-refractivity contribution in [2.24, 2.45) is 5.92 Å². The Balaban J connectivity index is 1.74. The van der Waals surface area contributed by atoms with E-state index in [1.807, 2.05) is 0 Å². The van der Waals surface area contributed by atoms with E-state index in [0.29, 0.717) is 12.0 Å². The molecule has 2 saturated heterocycles. The lowest BCUT2D eigenvalue weighted by atomic mass is 9.76. The molecular formula is C15H22BrNO2S. The minimum Gasteiger partial charge on any atom is -0.381 e. The molecule has 2 aliphatic heterocycles. The molecule has 112 valence electrons. The minimum absolute atomic E-state index is 0.0729. The van der Waals surface area contributed by atoms with Crippen LogP contribution in [0.4, 0.5) is 0 Å². The molecule has 0 saturated carbocycles. The first kappa shape index (κ1) is 15.0. The van der Waals surface area contributed by atoms with E-state index < -0.39 is 0 Å². The molecule has 5 heteroatoms. The van der Waals surface area contributed by atoms with Gasteiger partial charge in [0.2, 0.25) is 0 Å². The second-order valence-corrected chi connectivity index (χ2v) is 8.14. The summed E-state index contributed by atoms with van der Waals surface area (Å²) in [7, 11) is 2.07. The Morgan fingerprint density at radius 3 is 2.85 bits per heavy atom. The van der Waals surface area contributed by atoms with Crippen molar-refractivity contribution < 1.29 is 9.47 Å². The van der Waals surface area contributed by atoms with Gasteiger partial charge in [-0.25, -0.2) is 0 Å². The van der Waals surface area contributed by atoms with E-state index in [2.05, 4.69) is 39.7 Å². The predicted octanol–water partition coefficient (Wildman–Crippen LogP) is 3.75. The first-order valence-corrected chi connectivity index (χ1v) is 9.03. The van der Waals surface area contributed by atoms with Crippen LogP contribution in [0.3, 0.4) is 0 Å². The fourth-order valence-electron chi connectivity index (χ4n) is 3.60. The Kier molecular flexibility index (Phi) is 4.82. The largest absolute Gasteiger partial charge is 0.381 e. The third kappa shape index (κ3) is 3.12. The van der Waals surface area contributed by atoms with Crippen molar-refractivity contribution in [2.45, 2.75) is 37.3 Å². The zero-order chi connectivity index (χ0) is 14.0. The third-order valence-corrected chi connectivity index (χ3v) is 6.19. The molecule has 0 radical (unpaired) electrons. The second-order valence-electron chi connectivity index (χ2n) is 5.85. The van der Waals surface area contributed by atoms with Crippen LogP contribution >= 0.6 is 27.3 Å². The van der Waals surface area contributed by atoms with E-state index in [1.165, 1.54) is 9.35 Å². The molecule has 2 unspecified atom stereocenters. The average molecular weight is 360 g/mol. The molecule has 1 aromatic heterocycles. The second kappa shape index (κ2) is 6.44. The molecule has 0 amide bonds. The summed E-state index contributed by atoms with van der Waals surface area (Å²) in [5.74, 6) is 0.647. The summed E-state index contributed by atoms with van der Waals surface area (Å²) in [6, 6.07) is 2.68. The van der Waals surface area contributed by atoms with Gasteiger partial charge in [0, 0.05) is 25.9 Å². The maximum Gasteiger partial charge on any atom is 0.0729 e. The monoisotopic (exact) mass is 359 g/mol. The van der Waals surface area contributed by atoms with E-state index in [0.717, 1.165) is 45.5 Å². The Bertz CT molecular complexity index is 439. The molecule has 3 heterocycles.